The Labute approximate surface area is 364 Å². The minimum atomic E-state index is -0.0685. The van der Waals surface area contributed by atoms with Crippen LogP contribution in [0, 0.1) is 0 Å². The monoisotopic (exact) mass is 793 g/mol. The number of rotatable bonds is 9. The highest BCUT2D eigenvalue weighted by Gasteiger charge is 2.41. The van der Waals surface area contributed by atoms with E-state index in [0.717, 1.165) is 24.2 Å². The Balaban J connectivity index is 0.938. The van der Waals surface area contributed by atoms with Gasteiger partial charge in [-0.25, -0.2) is 0 Å². The van der Waals surface area contributed by atoms with E-state index < -0.39 is 0 Å². The van der Waals surface area contributed by atoms with Crippen LogP contribution in [0.2, 0.25) is 0 Å². The van der Waals surface area contributed by atoms with Crippen LogP contribution in [-0.2, 0) is 5.41 Å². The molecular formula is C61H47N. The van der Waals surface area contributed by atoms with E-state index in [0.29, 0.717) is 0 Å². The zero-order valence-electron chi connectivity index (χ0n) is 35.2. The van der Waals surface area contributed by atoms with Crippen LogP contribution in [0.1, 0.15) is 48.9 Å². The SMILES string of the molecule is CCC1(CC)c2cc(/C=C/c3ccc4cc(-c5c(-c6ccccc6)c6ccccc6c6ccccc56)ccc4c3)ccc2-c2ccc(N(c3ccccc3)c3ccccc3)cc21. The van der Waals surface area contributed by atoms with Crippen molar-refractivity contribution in [3.05, 3.63) is 235 Å². The van der Waals surface area contributed by atoms with Crippen LogP contribution >= 0.6 is 0 Å². The second-order valence-corrected chi connectivity index (χ2v) is 16.7. The van der Waals surface area contributed by atoms with Crippen LogP contribution in [0.15, 0.2) is 212 Å². The Kier molecular flexibility index (Phi) is 9.39. The molecule has 0 atom stereocenters. The summed E-state index contributed by atoms with van der Waals surface area (Å²) in [5.74, 6) is 0. The lowest BCUT2D eigenvalue weighted by Gasteiger charge is -2.32. The van der Waals surface area contributed by atoms with Crippen molar-refractivity contribution < 1.29 is 0 Å². The van der Waals surface area contributed by atoms with Crippen molar-refractivity contribution in [3.63, 3.8) is 0 Å². The average molecular weight is 794 g/mol. The second kappa shape index (κ2) is 15.5. The van der Waals surface area contributed by atoms with E-state index >= 15 is 0 Å². The zero-order chi connectivity index (χ0) is 41.6. The summed E-state index contributed by atoms with van der Waals surface area (Å²) in [5.41, 5.74) is 16.5. The van der Waals surface area contributed by atoms with E-state index in [2.05, 4.69) is 243 Å². The van der Waals surface area contributed by atoms with Gasteiger partial charge in [0.25, 0.3) is 0 Å². The maximum atomic E-state index is 2.46. The van der Waals surface area contributed by atoms with Crippen LogP contribution in [0.5, 0.6) is 0 Å². The molecule has 62 heavy (non-hydrogen) atoms. The largest absolute Gasteiger partial charge is 0.310 e. The van der Waals surface area contributed by atoms with Gasteiger partial charge in [0.05, 0.1) is 0 Å². The van der Waals surface area contributed by atoms with Crippen molar-refractivity contribution in [1.82, 2.24) is 0 Å². The summed E-state index contributed by atoms with van der Waals surface area (Å²) in [5, 5.41) is 7.60. The highest BCUT2D eigenvalue weighted by Crippen LogP contribution is 2.54. The molecule has 0 spiro atoms. The fraction of sp³-hybridized carbons (Fsp3) is 0.0820. The van der Waals surface area contributed by atoms with E-state index in [4.69, 9.17) is 0 Å². The molecule has 296 valence electrons. The van der Waals surface area contributed by atoms with Gasteiger partial charge in [-0.3, -0.25) is 0 Å². The number of hydrogen-bond donors (Lipinski definition) is 0. The first-order chi connectivity index (χ1) is 30.6. The van der Waals surface area contributed by atoms with Gasteiger partial charge in [0.2, 0.25) is 0 Å². The minimum Gasteiger partial charge on any atom is -0.310 e. The van der Waals surface area contributed by atoms with Gasteiger partial charge in [-0.1, -0.05) is 190 Å². The molecule has 0 bridgehead atoms. The van der Waals surface area contributed by atoms with Gasteiger partial charge in [0.15, 0.2) is 0 Å². The molecule has 0 aliphatic heterocycles. The van der Waals surface area contributed by atoms with Crippen LogP contribution < -0.4 is 4.90 Å². The topological polar surface area (TPSA) is 3.24 Å². The molecule has 1 nitrogen and oxygen atoms in total. The molecule has 11 rings (SSSR count). The van der Waals surface area contributed by atoms with Crippen LogP contribution in [0.25, 0.3) is 77.9 Å². The first kappa shape index (κ1) is 37.5. The molecule has 0 amide bonds. The van der Waals surface area contributed by atoms with Gasteiger partial charge >= 0.3 is 0 Å². The molecule has 10 aromatic carbocycles. The summed E-state index contributed by atoms with van der Waals surface area (Å²) >= 11 is 0. The fourth-order valence-corrected chi connectivity index (χ4v) is 10.4. The second-order valence-electron chi connectivity index (χ2n) is 16.7. The molecule has 0 heterocycles. The standard InChI is InChI=1S/C61H47N/c1-3-61(4-2)57-39-43(31-36-53(57)54-37-35-50(41-58(54)61)62(48-20-10-6-11-21-48)49-22-12-7-13-23-49)29-28-42-30-32-46-40-47(34-33-45(46)38-42)60-56-27-17-15-25-52(56)51-24-14-16-26-55(51)59(60)44-18-8-5-9-19-44/h5-41H,3-4H2,1-2H3/b29-28+. The molecule has 0 N–H and O–H groups in total. The maximum absolute atomic E-state index is 2.46. The smallest absolute Gasteiger partial charge is 0.0465 e. The van der Waals surface area contributed by atoms with Crippen LogP contribution in [0.3, 0.4) is 0 Å². The number of hydrogen-bond acceptors (Lipinski definition) is 1. The molecule has 0 saturated heterocycles. The Morgan fingerprint density at radius 3 is 1.45 bits per heavy atom. The number of para-hydroxylation sites is 2. The van der Waals surface area contributed by atoms with E-state index in [1.807, 2.05) is 0 Å². The number of nitrogens with zero attached hydrogens (tertiary/aromatic N) is 1. The summed E-state index contributed by atoms with van der Waals surface area (Å²) < 4.78 is 0. The third-order valence-electron chi connectivity index (χ3n) is 13.5. The van der Waals surface area contributed by atoms with Crippen molar-refractivity contribution in [3.8, 4) is 33.4 Å². The predicted octanol–water partition coefficient (Wildman–Crippen LogP) is 17.2. The average Bonchev–Trinajstić information content (AvgIpc) is 3.62. The Morgan fingerprint density at radius 1 is 0.371 bits per heavy atom. The first-order valence-corrected chi connectivity index (χ1v) is 22.0. The van der Waals surface area contributed by atoms with E-state index in [-0.39, 0.29) is 5.41 Å². The van der Waals surface area contributed by atoms with Gasteiger partial charge in [0.1, 0.15) is 0 Å². The van der Waals surface area contributed by atoms with Crippen LogP contribution in [-0.4, -0.2) is 0 Å². The minimum absolute atomic E-state index is 0.0685. The summed E-state index contributed by atoms with van der Waals surface area (Å²) in [7, 11) is 0. The lowest BCUT2D eigenvalue weighted by atomic mass is 9.73. The number of benzene rings is 10. The molecule has 1 heteroatoms. The van der Waals surface area contributed by atoms with Gasteiger partial charge in [-0.05, 0) is 149 Å². The fourth-order valence-electron chi connectivity index (χ4n) is 10.4. The lowest BCUT2D eigenvalue weighted by molar-refractivity contribution is 0.490. The normalized spacial score (nSPS) is 12.9. The predicted molar refractivity (Wildman–Crippen MR) is 267 cm³/mol. The van der Waals surface area contributed by atoms with Crippen LogP contribution in [0.4, 0.5) is 17.1 Å². The van der Waals surface area contributed by atoms with E-state index in [1.54, 1.807) is 0 Å². The quantitative estimate of drug-likeness (QED) is 0.104. The summed E-state index contributed by atoms with van der Waals surface area (Å²) in [6, 6.07) is 78.1. The van der Waals surface area contributed by atoms with Crippen molar-refractivity contribution in [2.24, 2.45) is 0 Å². The third kappa shape index (κ3) is 6.24. The lowest BCUT2D eigenvalue weighted by Crippen LogP contribution is -2.23. The number of anilines is 3. The van der Waals surface area contributed by atoms with Gasteiger partial charge in [-0.15, -0.1) is 0 Å². The highest BCUT2D eigenvalue weighted by molar-refractivity contribution is 6.22. The first-order valence-electron chi connectivity index (χ1n) is 22.0. The Morgan fingerprint density at radius 2 is 0.839 bits per heavy atom. The van der Waals surface area contributed by atoms with Gasteiger partial charge in [-0.2, -0.15) is 0 Å². The number of fused-ring (bicyclic) bond motifs is 7. The molecule has 0 radical (unpaired) electrons. The summed E-state index contributed by atoms with van der Waals surface area (Å²) in [4.78, 5) is 2.38. The van der Waals surface area contributed by atoms with E-state index in [9.17, 15) is 0 Å². The molecular weight excluding hydrogens is 747 g/mol. The van der Waals surface area contributed by atoms with Crippen molar-refractivity contribution in [2.45, 2.75) is 32.1 Å². The van der Waals surface area contributed by atoms with Crippen molar-refractivity contribution >= 4 is 61.5 Å². The Hall–Kier alpha value is -7.48. The van der Waals surface area contributed by atoms with Gasteiger partial charge in [0, 0.05) is 22.5 Å². The third-order valence-corrected chi connectivity index (χ3v) is 13.5. The summed E-state index contributed by atoms with van der Waals surface area (Å²) in [6.45, 7) is 4.71. The molecule has 1 aliphatic rings. The maximum Gasteiger partial charge on any atom is 0.0465 e. The molecule has 1 aliphatic carbocycles. The van der Waals surface area contributed by atoms with Gasteiger partial charge < -0.3 is 4.90 Å². The molecule has 0 unspecified atom stereocenters. The molecule has 0 saturated carbocycles. The summed E-state index contributed by atoms with van der Waals surface area (Å²) in [6.07, 6.45) is 6.63. The molecule has 0 aromatic heterocycles. The van der Waals surface area contributed by atoms with Crippen molar-refractivity contribution in [1.29, 1.82) is 0 Å². The highest BCUT2D eigenvalue weighted by atomic mass is 15.1. The molecule has 0 fully saturated rings. The zero-order valence-corrected chi connectivity index (χ0v) is 35.2. The van der Waals surface area contributed by atoms with Crippen molar-refractivity contribution in [2.75, 3.05) is 4.90 Å². The van der Waals surface area contributed by atoms with E-state index in [1.165, 1.54) is 93.6 Å². The molecule has 10 aromatic rings. The Bertz CT molecular complexity index is 3260.